The summed E-state index contributed by atoms with van der Waals surface area (Å²) in [7, 11) is -2.13. The number of ether oxygens (including phenoxy) is 1. The molecule has 114 valence electrons. The standard InChI is InChI=1S/C14H18N2O4S/c1-9(12-6-5-7-13(8-12)19-4)16-21(17,18)14-10(2)15-20-11(14)3/h5-9,16H,1-4H3. The third-order valence-electron chi connectivity index (χ3n) is 3.16. The van der Waals surface area contributed by atoms with Crippen LogP contribution in [0.4, 0.5) is 0 Å². The van der Waals surface area contributed by atoms with Crippen LogP contribution in [0.2, 0.25) is 0 Å². The summed E-state index contributed by atoms with van der Waals surface area (Å²) in [5.41, 5.74) is 1.16. The lowest BCUT2D eigenvalue weighted by atomic mass is 10.1. The van der Waals surface area contributed by atoms with Crippen molar-refractivity contribution in [3.63, 3.8) is 0 Å². The van der Waals surface area contributed by atoms with Gasteiger partial charge in [-0.2, -0.15) is 0 Å². The summed E-state index contributed by atoms with van der Waals surface area (Å²) >= 11 is 0. The van der Waals surface area contributed by atoms with Crippen LogP contribution < -0.4 is 9.46 Å². The van der Waals surface area contributed by atoms with Gasteiger partial charge in [0, 0.05) is 6.04 Å². The Morgan fingerprint density at radius 2 is 2.05 bits per heavy atom. The minimum Gasteiger partial charge on any atom is -0.497 e. The summed E-state index contributed by atoms with van der Waals surface area (Å²) in [6, 6.07) is 6.84. The number of aryl methyl sites for hydroxylation is 2. The molecule has 1 atom stereocenters. The van der Waals surface area contributed by atoms with Gasteiger partial charge in [-0.05, 0) is 38.5 Å². The molecule has 0 aliphatic rings. The van der Waals surface area contributed by atoms with Gasteiger partial charge >= 0.3 is 0 Å². The van der Waals surface area contributed by atoms with Crippen LogP contribution in [0, 0.1) is 13.8 Å². The van der Waals surface area contributed by atoms with E-state index in [1.807, 2.05) is 12.1 Å². The lowest BCUT2D eigenvalue weighted by molar-refractivity contribution is 0.390. The van der Waals surface area contributed by atoms with Crippen molar-refractivity contribution in [3.05, 3.63) is 41.3 Å². The first kappa shape index (κ1) is 15.5. The molecule has 1 aromatic heterocycles. The summed E-state index contributed by atoms with van der Waals surface area (Å²) in [5, 5.41) is 3.68. The number of methoxy groups -OCH3 is 1. The van der Waals surface area contributed by atoms with Gasteiger partial charge < -0.3 is 9.26 Å². The van der Waals surface area contributed by atoms with E-state index < -0.39 is 16.1 Å². The van der Waals surface area contributed by atoms with Crippen molar-refractivity contribution in [2.75, 3.05) is 7.11 Å². The second-order valence-corrected chi connectivity index (χ2v) is 6.42. The number of rotatable bonds is 5. The zero-order valence-electron chi connectivity index (χ0n) is 12.4. The van der Waals surface area contributed by atoms with Crippen LogP contribution in [0.1, 0.15) is 30.0 Å². The Bertz CT molecular complexity index is 718. The molecule has 7 heteroatoms. The first-order valence-corrected chi connectivity index (χ1v) is 7.92. The number of sulfonamides is 1. The normalized spacial score (nSPS) is 13.1. The lowest BCUT2D eigenvalue weighted by Gasteiger charge is -2.15. The number of hydrogen-bond acceptors (Lipinski definition) is 5. The molecule has 1 unspecified atom stereocenters. The number of nitrogens with one attached hydrogen (secondary N) is 1. The summed E-state index contributed by atoms with van der Waals surface area (Å²) in [6.07, 6.45) is 0. The quantitative estimate of drug-likeness (QED) is 0.916. The smallest absolute Gasteiger partial charge is 0.246 e. The number of hydrogen-bond donors (Lipinski definition) is 1. The van der Waals surface area contributed by atoms with Gasteiger partial charge in [0.1, 0.15) is 16.3 Å². The molecule has 0 radical (unpaired) electrons. The highest BCUT2D eigenvalue weighted by Crippen LogP contribution is 2.23. The van der Waals surface area contributed by atoms with E-state index in [0.717, 1.165) is 5.56 Å². The lowest BCUT2D eigenvalue weighted by Crippen LogP contribution is -2.27. The van der Waals surface area contributed by atoms with E-state index in [-0.39, 0.29) is 10.7 Å². The van der Waals surface area contributed by atoms with Crippen LogP contribution in [-0.4, -0.2) is 20.7 Å². The number of nitrogens with zero attached hydrogens (tertiary/aromatic N) is 1. The van der Waals surface area contributed by atoms with Crippen LogP contribution >= 0.6 is 0 Å². The Balaban J connectivity index is 2.28. The molecular weight excluding hydrogens is 292 g/mol. The Hall–Kier alpha value is -1.86. The van der Waals surface area contributed by atoms with Crippen molar-refractivity contribution < 1.29 is 17.7 Å². The fraction of sp³-hybridized carbons (Fsp3) is 0.357. The molecule has 2 rings (SSSR count). The first-order chi connectivity index (χ1) is 9.85. The van der Waals surface area contributed by atoms with Gasteiger partial charge in [0.25, 0.3) is 0 Å². The van der Waals surface area contributed by atoms with Crippen LogP contribution in [0.25, 0.3) is 0 Å². The average Bonchev–Trinajstić information content (AvgIpc) is 2.78. The maximum absolute atomic E-state index is 12.4. The van der Waals surface area contributed by atoms with E-state index in [1.165, 1.54) is 0 Å². The average molecular weight is 310 g/mol. The van der Waals surface area contributed by atoms with Crippen LogP contribution in [-0.2, 0) is 10.0 Å². The van der Waals surface area contributed by atoms with Gasteiger partial charge in [0.2, 0.25) is 10.0 Å². The Labute approximate surface area is 124 Å². The molecule has 1 N–H and O–H groups in total. The fourth-order valence-corrected chi connectivity index (χ4v) is 3.69. The van der Waals surface area contributed by atoms with E-state index in [9.17, 15) is 8.42 Å². The third kappa shape index (κ3) is 3.25. The molecule has 2 aromatic rings. The molecular formula is C14H18N2O4S. The number of benzene rings is 1. The van der Waals surface area contributed by atoms with Gasteiger partial charge in [-0.15, -0.1) is 0 Å². The van der Waals surface area contributed by atoms with E-state index in [4.69, 9.17) is 9.26 Å². The fourth-order valence-electron chi connectivity index (χ4n) is 2.13. The topological polar surface area (TPSA) is 81.4 Å². The van der Waals surface area contributed by atoms with Crippen LogP contribution in [0.5, 0.6) is 5.75 Å². The van der Waals surface area contributed by atoms with Crippen LogP contribution in [0.15, 0.2) is 33.7 Å². The monoisotopic (exact) mass is 310 g/mol. The molecule has 0 amide bonds. The van der Waals surface area contributed by atoms with Gasteiger partial charge in [0.15, 0.2) is 5.76 Å². The molecule has 0 aliphatic heterocycles. The largest absolute Gasteiger partial charge is 0.497 e. The van der Waals surface area contributed by atoms with Gasteiger partial charge in [-0.25, -0.2) is 13.1 Å². The van der Waals surface area contributed by atoms with E-state index >= 15 is 0 Å². The van der Waals surface area contributed by atoms with Crippen molar-refractivity contribution >= 4 is 10.0 Å². The van der Waals surface area contributed by atoms with E-state index in [2.05, 4.69) is 9.88 Å². The molecule has 0 bridgehead atoms. The highest BCUT2D eigenvalue weighted by molar-refractivity contribution is 7.89. The van der Waals surface area contributed by atoms with Gasteiger partial charge in [-0.1, -0.05) is 17.3 Å². The molecule has 21 heavy (non-hydrogen) atoms. The summed E-state index contributed by atoms with van der Waals surface area (Å²) < 4.78 is 37.5. The minimum atomic E-state index is -3.69. The Morgan fingerprint density at radius 3 is 2.62 bits per heavy atom. The molecule has 0 fully saturated rings. The van der Waals surface area contributed by atoms with Gasteiger partial charge in [0.05, 0.1) is 7.11 Å². The Morgan fingerprint density at radius 1 is 1.33 bits per heavy atom. The van der Waals surface area contributed by atoms with E-state index in [1.54, 1.807) is 40.0 Å². The first-order valence-electron chi connectivity index (χ1n) is 6.44. The zero-order chi connectivity index (χ0) is 15.6. The third-order valence-corrected chi connectivity index (χ3v) is 4.95. The molecule has 1 aromatic carbocycles. The minimum absolute atomic E-state index is 0.0947. The second kappa shape index (κ2) is 5.87. The van der Waals surface area contributed by atoms with Crippen molar-refractivity contribution in [1.29, 1.82) is 0 Å². The molecule has 0 aliphatic carbocycles. The van der Waals surface area contributed by atoms with Crippen LogP contribution in [0.3, 0.4) is 0 Å². The predicted octanol–water partition coefficient (Wildman–Crippen LogP) is 2.34. The van der Waals surface area contributed by atoms with E-state index in [0.29, 0.717) is 11.4 Å². The van der Waals surface area contributed by atoms with Gasteiger partial charge in [-0.3, -0.25) is 0 Å². The zero-order valence-corrected chi connectivity index (χ0v) is 13.2. The highest BCUT2D eigenvalue weighted by atomic mass is 32.2. The highest BCUT2D eigenvalue weighted by Gasteiger charge is 2.26. The summed E-state index contributed by atoms with van der Waals surface area (Å²) in [5.74, 6) is 0.953. The maximum Gasteiger partial charge on any atom is 0.246 e. The SMILES string of the molecule is COc1cccc(C(C)NS(=O)(=O)c2c(C)noc2C)c1. The summed E-state index contributed by atoms with van der Waals surface area (Å²) in [6.45, 7) is 4.94. The maximum atomic E-state index is 12.4. The van der Waals surface area contributed by atoms with Crippen molar-refractivity contribution in [1.82, 2.24) is 9.88 Å². The summed E-state index contributed by atoms with van der Waals surface area (Å²) in [4.78, 5) is 0.0947. The molecule has 0 spiro atoms. The van der Waals surface area contributed by atoms with Crippen molar-refractivity contribution in [3.8, 4) is 5.75 Å². The number of aromatic nitrogens is 1. The molecule has 1 heterocycles. The second-order valence-electron chi connectivity index (χ2n) is 4.77. The van der Waals surface area contributed by atoms with Crippen molar-refractivity contribution in [2.45, 2.75) is 31.7 Å². The molecule has 6 nitrogen and oxygen atoms in total. The van der Waals surface area contributed by atoms with Crippen molar-refractivity contribution in [2.24, 2.45) is 0 Å². The predicted molar refractivity (Wildman–Crippen MR) is 77.7 cm³/mol. The molecule has 0 saturated carbocycles. The molecule has 0 saturated heterocycles. The Kier molecular flexibility index (Phi) is 4.34.